The highest BCUT2D eigenvalue weighted by Crippen LogP contribution is 2.22. The Labute approximate surface area is 107 Å². The van der Waals surface area contributed by atoms with Gasteiger partial charge in [0, 0.05) is 6.54 Å². The minimum absolute atomic E-state index is 0.0144. The summed E-state index contributed by atoms with van der Waals surface area (Å²) >= 11 is 0. The molecule has 98 valence electrons. The number of terminal acetylenes is 1. The van der Waals surface area contributed by atoms with Crippen LogP contribution in [0.3, 0.4) is 0 Å². The second kappa shape index (κ2) is 5.85. The average Bonchev–Trinajstić information content (AvgIpc) is 2.76. The van der Waals surface area contributed by atoms with Gasteiger partial charge in [-0.1, -0.05) is 5.92 Å². The number of sulfonamides is 1. The van der Waals surface area contributed by atoms with Crippen LogP contribution in [-0.4, -0.2) is 55.5 Å². The van der Waals surface area contributed by atoms with Crippen molar-refractivity contribution in [3.63, 3.8) is 0 Å². The largest absolute Gasteiger partial charge is 0.317 e. The van der Waals surface area contributed by atoms with Gasteiger partial charge in [-0.3, -0.25) is 4.79 Å². The molecular weight excluding hydrogens is 254 g/mol. The molecule has 7 heteroatoms. The van der Waals surface area contributed by atoms with Crippen LogP contribution >= 0.6 is 0 Å². The molecule has 1 aliphatic rings. The van der Waals surface area contributed by atoms with Crippen molar-refractivity contribution in [3.05, 3.63) is 0 Å². The summed E-state index contributed by atoms with van der Waals surface area (Å²) in [5.74, 6) is 1.91. The van der Waals surface area contributed by atoms with Gasteiger partial charge in [0.25, 0.3) is 0 Å². The molecule has 18 heavy (non-hydrogen) atoms. The van der Waals surface area contributed by atoms with E-state index in [0.717, 1.165) is 6.26 Å². The summed E-state index contributed by atoms with van der Waals surface area (Å²) in [7, 11) is -3.41. The van der Waals surface area contributed by atoms with Gasteiger partial charge < -0.3 is 4.90 Å². The lowest BCUT2D eigenvalue weighted by Gasteiger charge is -2.26. The summed E-state index contributed by atoms with van der Waals surface area (Å²) in [5.41, 5.74) is 0. The van der Waals surface area contributed by atoms with Crippen LogP contribution in [0.15, 0.2) is 0 Å². The van der Waals surface area contributed by atoms with Gasteiger partial charge in [0.15, 0.2) is 0 Å². The number of nitrogens with zero attached hydrogens (tertiary/aromatic N) is 3. The third kappa shape index (κ3) is 3.22. The van der Waals surface area contributed by atoms with Crippen molar-refractivity contribution in [3.8, 4) is 18.4 Å². The van der Waals surface area contributed by atoms with E-state index in [1.54, 1.807) is 0 Å². The number of hydrogen-bond acceptors (Lipinski definition) is 4. The maximum absolute atomic E-state index is 12.2. The third-order valence-electron chi connectivity index (χ3n) is 2.77. The van der Waals surface area contributed by atoms with E-state index in [9.17, 15) is 13.2 Å². The Hall–Kier alpha value is -1.57. The molecule has 0 saturated carbocycles. The number of hydrogen-bond donors (Lipinski definition) is 0. The maximum atomic E-state index is 12.2. The van der Waals surface area contributed by atoms with E-state index in [-0.39, 0.29) is 13.1 Å². The van der Waals surface area contributed by atoms with Crippen LogP contribution in [0.25, 0.3) is 0 Å². The van der Waals surface area contributed by atoms with Crippen LogP contribution in [-0.2, 0) is 14.8 Å². The fourth-order valence-electron chi connectivity index (χ4n) is 2.00. The lowest BCUT2D eigenvalue weighted by atomic mass is 10.2. The molecule has 6 nitrogen and oxygen atoms in total. The Bertz CT molecular complexity index is 485. The van der Waals surface area contributed by atoms with Crippen LogP contribution in [0.4, 0.5) is 0 Å². The van der Waals surface area contributed by atoms with Gasteiger partial charge in [0.05, 0.1) is 18.9 Å². The minimum Gasteiger partial charge on any atom is -0.317 e. The number of rotatable bonds is 4. The van der Waals surface area contributed by atoms with Crippen molar-refractivity contribution >= 4 is 15.9 Å². The minimum atomic E-state index is -3.41. The lowest BCUT2D eigenvalue weighted by molar-refractivity contribution is -0.133. The van der Waals surface area contributed by atoms with Crippen LogP contribution in [0.2, 0.25) is 0 Å². The van der Waals surface area contributed by atoms with Gasteiger partial charge >= 0.3 is 0 Å². The van der Waals surface area contributed by atoms with E-state index in [1.165, 1.54) is 9.21 Å². The van der Waals surface area contributed by atoms with Gasteiger partial charge in [0.1, 0.15) is 12.6 Å². The molecule has 1 saturated heterocycles. The van der Waals surface area contributed by atoms with Crippen molar-refractivity contribution in [2.24, 2.45) is 0 Å². The molecule has 1 fully saturated rings. The third-order valence-corrected chi connectivity index (χ3v) is 4.06. The van der Waals surface area contributed by atoms with Crippen LogP contribution < -0.4 is 0 Å². The molecule has 1 rings (SSSR count). The zero-order valence-corrected chi connectivity index (χ0v) is 11.0. The Balaban J connectivity index is 2.89. The molecule has 1 aliphatic heterocycles. The normalized spacial score (nSPS) is 20.1. The highest BCUT2D eigenvalue weighted by molar-refractivity contribution is 7.88. The quantitative estimate of drug-likeness (QED) is 0.504. The summed E-state index contributed by atoms with van der Waals surface area (Å²) in [6.07, 6.45) is 7.32. The van der Waals surface area contributed by atoms with Crippen LogP contribution in [0.1, 0.15) is 12.8 Å². The van der Waals surface area contributed by atoms with Crippen molar-refractivity contribution < 1.29 is 13.2 Å². The summed E-state index contributed by atoms with van der Waals surface area (Å²) in [5, 5.41) is 8.64. The van der Waals surface area contributed by atoms with E-state index in [0.29, 0.717) is 19.4 Å². The molecule has 0 aromatic heterocycles. The number of carbonyl (C=O) groups excluding carboxylic acids is 1. The van der Waals surface area contributed by atoms with E-state index in [2.05, 4.69) is 5.92 Å². The second-order valence-electron chi connectivity index (χ2n) is 4.09. The summed E-state index contributed by atoms with van der Waals surface area (Å²) < 4.78 is 24.2. The first-order valence-corrected chi connectivity index (χ1v) is 7.32. The summed E-state index contributed by atoms with van der Waals surface area (Å²) in [4.78, 5) is 13.4. The molecule has 1 amide bonds. The fourth-order valence-corrected chi connectivity index (χ4v) is 3.12. The molecule has 0 N–H and O–H groups in total. The van der Waals surface area contributed by atoms with Gasteiger partial charge in [-0.2, -0.15) is 9.57 Å². The maximum Gasteiger partial charge on any atom is 0.242 e. The zero-order valence-electron chi connectivity index (χ0n) is 10.2. The number of carbonyl (C=O) groups is 1. The fraction of sp³-hybridized carbons (Fsp3) is 0.636. The van der Waals surface area contributed by atoms with E-state index >= 15 is 0 Å². The zero-order chi connectivity index (χ0) is 13.8. The molecule has 0 radical (unpaired) electrons. The first kappa shape index (κ1) is 14.5. The van der Waals surface area contributed by atoms with E-state index in [1.807, 2.05) is 6.07 Å². The summed E-state index contributed by atoms with van der Waals surface area (Å²) in [6.45, 7) is 0.226. The molecule has 1 atom stereocenters. The van der Waals surface area contributed by atoms with Gasteiger partial charge in [-0.15, -0.1) is 6.42 Å². The standard InChI is InChI=1S/C11H15N3O3S/c1-3-7-13(9-6-12)11(15)10-5-4-8-14(10)18(2,16)17/h1,10H,4-5,7-9H2,2H3. The smallest absolute Gasteiger partial charge is 0.242 e. The van der Waals surface area contributed by atoms with Gasteiger partial charge in [-0.05, 0) is 12.8 Å². The molecule has 1 unspecified atom stereocenters. The highest BCUT2D eigenvalue weighted by atomic mass is 32.2. The second-order valence-corrected chi connectivity index (χ2v) is 6.02. The molecule has 0 aromatic carbocycles. The van der Waals surface area contributed by atoms with Crippen LogP contribution in [0, 0.1) is 23.7 Å². The lowest BCUT2D eigenvalue weighted by Crippen LogP contribution is -2.47. The van der Waals surface area contributed by atoms with E-state index in [4.69, 9.17) is 11.7 Å². The molecular formula is C11H15N3O3S. The Morgan fingerprint density at radius 1 is 1.56 bits per heavy atom. The molecule has 0 aliphatic carbocycles. The van der Waals surface area contributed by atoms with Crippen LogP contribution in [0.5, 0.6) is 0 Å². The van der Waals surface area contributed by atoms with Gasteiger partial charge in [-0.25, -0.2) is 8.42 Å². The monoisotopic (exact) mass is 269 g/mol. The predicted molar refractivity (Wildman–Crippen MR) is 65.6 cm³/mol. The SMILES string of the molecule is C#CCN(CC#N)C(=O)C1CCCN1S(C)(=O)=O. The van der Waals surface area contributed by atoms with Crippen molar-refractivity contribution in [1.82, 2.24) is 9.21 Å². The topological polar surface area (TPSA) is 81.5 Å². The molecule has 0 bridgehead atoms. The molecule has 1 heterocycles. The average molecular weight is 269 g/mol. The number of amides is 1. The molecule has 0 spiro atoms. The Kier molecular flexibility index (Phi) is 4.71. The van der Waals surface area contributed by atoms with Crippen molar-refractivity contribution in [2.45, 2.75) is 18.9 Å². The van der Waals surface area contributed by atoms with Gasteiger partial charge in [0.2, 0.25) is 15.9 Å². The first-order chi connectivity index (χ1) is 8.41. The van der Waals surface area contributed by atoms with Crippen molar-refractivity contribution in [2.75, 3.05) is 25.9 Å². The highest BCUT2D eigenvalue weighted by Gasteiger charge is 2.38. The van der Waals surface area contributed by atoms with E-state index < -0.39 is 22.0 Å². The summed E-state index contributed by atoms with van der Waals surface area (Å²) in [6, 6.07) is 1.13. The molecule has 0 aromatic rings. The number of nitriles is 1. The predicted octanol–water partition coefficient (Wildman–Crippen LogP) is -0.604. The Morgan fingerprint density at radius 3 is 2.72 bits per heavy atom. The van der Waals surface area contributed by atoms with Crippen molar-refractivity contribution in [1.29, 1.82) is 5.26 Å². The Morgan fingerprint density at radius 2 is 2.22 bits per heavy atom. The first-order valence-electron chi connectivity index (χ1n) is 5.48.